The summed E-state index contributed by atoms with van der Waals surface area (Å²) in [4.78, 5) is 26.0. The molecule has 0 aliphatic rings. The monoisotopic (exact) mass is 290 g/mol. The van der Waals surface area contributed by atoms with Crippen LogP contribution in [0, 0.1) is 10.1 Å². The largest absolute Gasteiger partial charge is 0.395 e. The summed E-state index contributed by atoms with van der Waals surface area (Å²) >= 11 is 0. The number of halogens is 2. The molecule has 110 valence electrons. The van der Waals surface area contributed by atoms with Gasteiger partial charge in [-0.2, -0.15) is 0 Å². The summed E-state index contributed by atoms with van der Waals surface area (Å²) in [6.45, 7) is -1.78. The number of nitrogen functional groups attached to an aromatic ring is 1. The van der Waals surface area contributed by atoms with Crippen LogP contribution in [-0.4, -0.2) is 51.9 Å². The maximum Gasteiger partial charge on any atom is 0.288 e. The molecule has 0 saturated carbocycles. The van der Waals surface area contributed by atoms with Crippen LogP contribution in [0.15, 0.2) is 12.3 Å². The van der Waals surface area contributed by atoms with Crippen LogP contribution in [0.25, 0.3) is 0 Å². The summed E-state index contributed by atoms with van der Waals surface area (Å²) in [5, 5.41) is 19.4. The minimum absolute atomic E-state index is 0.308. The molecule has 0 unspecified atom stereocenters. The minimum atomic E-state index is -2.81. The van der Waals surface area contributed by atoms with Gasteiger partial charge in [-0.25, -0.2) is 13.8 Å². The number of carbonyl (C=O) groups is 1. The molecule has 3 N–H and O–H groups in total. The van der Waals surface area contributed by atoms with Crippen molar-refractivity contribution < 1.29 is 23.6 Å². The number of nitrogens with two attached hydrogens (primary N) is 1. The number of aliphatic hydroxyl groups is 1. The molecule has 0 bridgehead atoms. The Morgan fingerprint density at radius 1 is 1.60 bits per heavy atom. The molecule has 8 nitrogen and oxygen atoms in total. The third-order valence-electron chi connectivity index (χ3n) is 2.36. The van der Waals surface area contributed by atoms with E-state index in [4.69, 9.17) is 10.8 Å². The number of alkyl halides is 2. The average Bonchev–Trinajstić information content (AvgIpc) is 2.37. The normalized spacial score (nSPS) is 10.6. The van der Waals surface area contributed by atoms with Crippen LogP contribution in [0.5, 0.6) is 0 Å². The van der Waals surface area contributed by atoms with E-state index < -0.39 is 36.1 Å². The molecule has 10 heteroatoms. The number of nitrogens with zero attached hydrogens (tertiary/aromatic N) is 3. The Balaban J connectivity index is 3.10. The van der Waals surface area contributed by atoms with E-state index in [2.05, 4.69) is 4.98 Å². The molecule has 0 fully saturated rings. The van der Waals surface area contributed by atoms with Gasteiger partial charge >= 0.3 is 0 Å². The highest BCUT2D eigenvalue weighted by atomic mass is 19.3. The van der Waals surface area contributed by atoms with Crippen molar-refractivity contribution in [3.63, 3.8) is 0 Å². The third kappa shape index (κ3) is 3.82. The molecule has 0 spiro atoms. The van der Waals surface area contributed by atoms with E-state index in [1.165, 1.54) is 0 Å². The summed E-state index contributed by atoms with van der Waals surface area (Å²) in [5.74, 6) is -1.26. The quantitative estimate of drug-likeness (QED) is 0.572. The highest BCUT2D eigenvalue weighted by molar-refractivity contribution is 5.98. The first-order valence-electron chi connectivity index (χ1n) is 5.45. The predicted molar refractivity (Wildman–Crippen MR) is 64.3 cm³/mol. The van der Waals surface area contributed by atoms with Crippen molar-refractivity contribution in [1.82, 2.24) is 9.88 Å². The Hall–Kier alpha value is -2.36. The number of aromatic nitrogens is 1. The molecule has 1 rings (SSSR count). The number of anilines is 1. The summed E-state index contributed by atoms with van der Waals surface area (Å²) in [5.41, 5.74) is 4.59. The van der Waals surface area contributed by atoms with Crippen molar-refractivity contribution in [2.24, 2.45) is 0 Å². The van der Waals surface area contributed by atoms with Crippen molar-refractivity contribution in [2.75, 3.05) is 25.4 Å². The fourth-order valence-corrected chi connectivity index (χ4v) is 1.47. The van der Waals surface area contributed by atoms with Crippen molar-refractivity contribution in [3.8, 4) is 0 Å². The molecular weight excluding hydrogens is 278 g/mol. The number of nitro groups is 1. The average molecular weight is 290 g/mol. The zero-order valence-corrected chi connectivity index (χ0v) is 10.2. The number of pyridine rings is 1. The van der Waals surface area contributed by atoms with Crippen LogP contribution in [0.2, 0.25) is 0 Å². The highest BCUT2D eigenvalue weighted by Gasteiger charge is 2.23. The van der Waals surface area contributed by atoms with Crippen molar-refractivity contribution in [3.05, 3.63) is 27.9 Å². The lowest BCUT2D eigenvalue weighted by Gasteiger charge is -2.21. The molecule has 0 radical (unpaired) electrons. The minimum Gasteiger partial charge on any atom is -0.395 e. The predicted octanol–water partition coefficient (Wildman–Crippen LogP) is 0.272. The second-order valence-electron chi connectivity index (χ2n) is 3.75. The first kappa shape index (κ1) is 15.7. The molecule has 20 heavy (non-hydrogen) atoms. The second kappa shape index (κ2) is 6.70. The summed E-state index contributed by atoms with van der Waals surface area (Å²) in [6, 6.07) is 0.862. The van der Waals surface area contributed by atoms with Gasteiger partial charge < -0.3 is 15.7 Å². The standard InChI is InChI=1S/C10H12F2N4O4/c11-8(12)5-15(1-2-17)10(18)7-3-6(16(19)20)4-14-9(7)13/h3-4,8,17H,1-2,5H2,(H2,13,14). The van der Waals surface area contributed by atoms with Crippen LogP contribution < -0.4 is 5.73 Å². The van der Waals surface area contributed by atoms with E-state index in [0.29, 0.717) is 4.90 Å². The Morgan fingerprint density at radius 2 is 2.25 bits per heavy atom. The summed E-state index contributed by atoms with van der Waals surface area (Å²) < 4.78 is 24.7. The first-order valence-corrected chi connectivity index (χ1v) is 5.45. The maximum absolute atomic E-state index is 12.4. The fourth-order valence-electron chi connectivity index (χ4n) is 1.47. The van der Waals surface area contributed by atoms with E-state index in [1.54, 1.807) is 0 Å². The second-order valence-corrected chi connectivity index (χ2v) is 3.75. The molecule has 0 atom stereocenters. The van der Waals surface area contributed by atoms with Gasteiger partial charge in [0.15, 0.2) is 0 Å². The fraction of sp³-hybridized carbons (Fsp3) is 0.400. The van der Waals surface area contributed by atoms with Crippen LogP contribution in [0.4, 0.5) is 20.3 Å². The lowest BCUT2D eigenvalue weighted by atomic mass is 10.2. The van der Waals surface area contributed by atoms with Crippen LogP contribution in [0.3, 0.4) is 0 Å². The smallest absolute Gasteiger partial charge is 0.288 e. The van der Waals surface area contributed by atoms with E-state index in [-0.39, 0.29) is 17.9 Å². The van der Waals surface area contributed by atoms with Gasteiger partial charge in [0.25, 0.3) is 18.0 Å². The molecule has 0 aromatic carbocycles. The summed E-state index contributed by atoms with van der Waals surface area (Å²) in [7, 11) is 0. The molecule has 1 amide bonds. The van der Waals surface area contributed by atoms with Gasteiger partial charge in [-0.3, -0.25) is 14.9 Å². The summed E-state index contributed by atoms with van der Waals surface area (Å²) in [6.07, 6.45) is -1.95. The van der Waals surface area contributed by atoms with Gasteiger partial charge in [0.05, 0.1) is 23.6 Å². The number of hydrogen-bond acceptors (Lipinski definition) is 6. The number of rotatable bonds is 6. The zero-order chi connectivity index (χ0) is 15.3. The number of carbonyl (C=O) groups excluding carboxylic acids is 1. The molecule has 0 aliphatic carbocycles. The molecular formula is C10H12F2N4O4. The van der Waals surface area contributed by atoms with Crippen LogP contribution in [-0.2, 0) is 0 Å². The molecule has 0 aliphatic heterocycles. The SMILES string of the molecule is Nc1ncc([N+](=O)[O-])cc1C(=O)N(CCO)CC(F)F. The topological polar surface area (TPSA) is 123 Å². The third-order valence-corrected chi connectivity index (χ3v) is 2.36. The Bertz CT molecular complexity index is 512. The van der Waals surface area contributed by atoms with Crippen LogP contribution in [0.1, 0.15) is 10.4 Å². The van der Waals surface area contributed by atoms with E-state index >= 15 is 0 Å². The van der Waals surface area contributed by atoms with Gasteiger partial charge in [-0.05, 0) is 0 Å². The van der Waals surface area contributed by atoms with Crippen molar-refractivity contribution in [2.45, 2.75) is 6.43 Å². The maximum atomic E-state index is 12.4. The van der Waals surface area contributed by atoms with Gasteiger partial charge in [-0.15, -0.1) is 0 Å². The highest BCUT2D eigenvalue weighted by Crippen LogP contribution is 2.19. The Morgan fingerprint density at radius 3 is 2.75 bits per heavy atom. The lowest BCUT2D eigenvalue weighted by Crippen LogP contribution is -2.37. The van der Waals surface area contributed by atoms with Gasteiger partial charge in [0, 0.05) is 12.6 Å². The molecule has 0 saturated heterocycles. The Kier molecular flexibility index (Phi) is 5.26. The van der Waals surface area contributed by atoms with E-state index in [1.807, 2.05) is 0 Å². The van der Waals surface area contributed by atoms with Crippen molar-refractivity contribution >= 4 is 17.4 Å². The Labute approximate surface area is 112 Å². The number of aliphatic hydroxyl groups excluding tert-OH is 1. The molecule has 1 aromatic heterocycles. The first-order chi connectivity index (χ1) is 9.36. The van der Waals surface area contributed by atoms with Gasteiger partial charge in [-0.1, -0.05) is 0 Å². The van der Waals surface area contributed by atoms with E-state index in [9.17, 15) is 23.7 Å². The zero-order valence-electron chi connectivity index (χ0n) is 10.2. The van der Waals surface area contributed by atoms with E-state index in [0.717, 1.165) is 12.3 Å². The lowest BCUT2D eigenvalue weighted by molar-refractivity contribution is -0.385. The van der Waals surface area contributed by atoms with Crippen molar-refractivity contribution in [1.29, 1.82) is 0 Å². The van der Waals surface area contributed by atoms with Gasteiger partial charge in [0.2, 0.25) is 0 Å². The number of amides is 1. The number of hydrogen-bond donors (Lipinski definition) is 2. The molecule has 1 heterocycles. The molecule has 1 aromatic rings. The van der Waals surface area contributed by atoms with Crippen LogP contribution >= 0.6 is 0 Å². The van der Waals surface area contributed by atoms with Gasteiger partial charge in [0.1, 0.15) is 12.0 Å².